The van der Waals surface area contributed by atoms with Crippen LogP contribution in [0.25, 0.3) is 5.65 Å². The average molecular weight is 384 g/mol. The minimum absolute atomic E-state index is 0.0912. The Balaban J connectivity index is 1.26. The van der Waals surface area contributed by atoms with Gasteiger partial charge in [-0.1, -0.05) is 0 Å². The zero-order valence-corrected chi connectivity index (χ0v) is 15.2. The van der Waals surface area contributed by atoms with Crippen LogP contribution in [-0.2, 0) is 4.79 Å². The number of fused-ring (bicyclic) bond motifs is 1. The number of hydrogen-bond donors (Lipinski definition) is 1. The Bertz CT molecular complexity index is 954. The third-order valence-corrected chi connectivity index (χ3v) is 4.65. The van der Waals surface area contributed by atoms with Crippen LogP contribution in [0.4, 0.5) is 0 Å². The molecule has 2 amide bonds. The molecule has 4 heterocycles. The molecule has 10 nitrogen and oxygen atoms in total. The first-order valence-electron chi connectivity index (χ1n) is 9.08. The van der Waals surface area contributed by atoms with Crippen molar-refractivity contribution in [3.8, 4) is 5.88 Å². The predicted octanol–water partition coefficient (Wildman–Crippen LogP) is 0.765. The lowest BCUT2D eigenvalue weighted by molar-refractivity contribution is -0.135. The van der Waals surface area contributed by atoms with Crippen LogP contribution in [0.3, 0.4) is 0 Å². The number of nitrogens with zero attached hydrogens (tertiary/aromatic N) is 5. The van der Waals surface area contributed by atoms with E-state index in [9.17, 15) is 9.59 Å². The summed E-state index contributed by atoms with van der Waals surface area (Å²) in [5.74, 6) is 0.470. The molecule has 1 saturated heterocycles. The summed E-state index contributed by atoms with van der Waals surface area (Å²) in [6.45, 7) is 1.67. The average Bonchev–Trinajstić information content (AvgIpc) is 3.42. The molecule has 10 heteroatoms. The maximum Gasteiger partial charge on any atom is 0.286 e. The minimum atomic E-state index is -0.243. The Morgan fingerprint density at radius 1 is 1.32 bits per heavy atom. The van der Waals surface area contributed by atoms with Crippen LogP contribution in [0.1, 0.15) is 23.4 Å². The van der Waals surface area contributed by atoms with Crippen LogP contribution < -0.4 is 10.1 Å². The molecule has 3 aromatic rings. The maximum absolute atomic E-state index is 12.5. The van der Waals surface area contributed by atoms with Crippen LogP contribution >= 0.6 is 0 Å². The van der Waals surface area contributed by atoms with E-state index in [1.165, 1.54) is 17.1 Å². The second kappa shape index (κ2) is 8.07. The minimum Gasteiger partial charge on any atom is -0.467 e. The predicted molar refractivity (Wildman–Crippen MR) is 96.6 cm³/mol. The number of carbonyl (C=O) groups excluding carboxylic acids is 2. The van der Waals surface area contributed by atoms with Gasteiger partial charge in [-0.25, -0.2) is 0 Å². The molecule has 1 atom stereocenters. The molecule has 0 bridgehead atoms. The lowest BCUT2D eigenvalue weighted by Crippen LogP contribution is -2.45. The SMILES string of the molecule is O=C(NCC1CCCN(C(=O)COc2ccc3nncn3n2)C1)c1ccco1. The van der Waals surface area contributed by atoms with Gasteiger partial charge in [-0.05, 0) is 37.0 Å². The zero-order chi connectivity index (χ0) is 19.3. The van der Waals surface area contributed by atoms with Crippen molar-refractivity contribution in [2.24, 2.45) is 5.92 Å². The summed E-state index contributed by atoms with van der Waals surface area (Å²) in [6.07, 6.45) is 4.77. The first kappa shape index (κ1) is 18.0. The van der Waals surface area contributed by atoms with Gasteiger partial charge in [0.25, 0.3) is 11.8 Å². The van der Waals surface area contributed by atoms with Gasteiger partial charge in [0.05, 0.1) is 6.26 Å². The molecule has 4 rings (SSSR count). The van der Waals surface area contributed by atoms with E-state index in [1.807, 2.05) is 0 Å². The highest BCUT2D eigenvalue weighted by molar-refractivity contribution is 5.91. The standard InChI is InChI=1S/C18H20N6O4/c25-17(11-28-16-6-5-15-21-20-12-24(15)22-16)23-7-1-3-13(10-23)9-19-18(26)14-4-2-8-27-14/h2,4-6,8,12-13H,1,3,7,9-11H2,(H,19,26). The van der Waals surface area contributed by atoms with Crippen molar-refractivity contribution < 1.29 is 18.7 Å². The van der Waals surface area contributed by atoms with Crippen molar-refractivity contribution in [3.05, 3.63) is 42.6 Å². The largest absolute Gasteiger partial charge is 0.467 e. The van der Waals surface area contributed by atoms with Crippen molar-refractivity contribution in [3.63, 3.8) is 0 Å². The van der Waals surface area contributed by atoms with Crippen LogP contribution in [0.2, 0.25) is 0 Å². The fraction of sp³-hybridized carbons (Fsp3) is 0.389. The molecule has 3 aromatic heterocycles. The smallest absolute Gasteiger partial charge is 0.286 e. The summed E-state index contributed by atoms with van der Waals surface area (Å²) >= 11 is 0. The van der Waals surface area contributed by atoms with Gasteiger partial charge in [0, 0.05) is 25.7 Å². The number of hydrogen-bond acceptors (Lipinski definition) is 7. The molecule has 146 valence electrons. The fourth-order valence-corrected chi connectivity index (χ4v) is 3.21. The zero-order valence-electron chi connectivity index (χ0n) is 15.2. The highest BCUT2D eigenvalue weighted by atomic mass is 16.5. The first-order chi connectivity index (χ1) is 13.7. The topological polar surface area (TPSA) is 115 Å². The van der Waals surface area contributed by atoms with Gasteiger partial charge in [0.1, 0.15) is 6.33 Å². The van der Waals surface area contributed by atoms with E-state index < -0.39 is 0 Å². The Hall–Kier alpha value is -3.43. The fourth-order valence-electron chi connectivity index (χ4n) is 3.21. The maximum atomic E-state index is 12.5. The molecule has 1 aliphatic heterocycles. The summed E-state index contributed by atoms with van der Waals surface area (Å²) < 4.78 is 12.1. The van der Waals surface area contributed by atoms with Gasteiger partial charge in [0.2, 0.25) is 5.88 Å². The van der Waals surface area contributed by atoms with Crippen molar-refractivity contribution >= 4 is 17.5 Å². The highest BCUT2D eigenvalue weighted by Gasteiger charge is 2.24. The van der Waals surface area contributed by atoms with Gasteiger partial charge >= 0.3 is 0 Å². The summed E-state index contributed by atoms with van der Waals surface area (Å²) in [7, 11) is 0. The summed E-state index contributed by atoms with van der Waals surface area (Å²) in [6, 6.07) is 6.67. The number of likely N-dealkylation sites (tertiary alicyclic amines) is 1. The van der Waals surface area contributed by atoms with Crippen LogP contribution in [0, 0.1) is 5.92 Å². The number of ether oxygens (including phenoxy) is 1. The molecular formula is C18H20N6O4. The van der Waals surface area contributed by atoms with Crippen molar-refractivity contribution in [2.45, 2.75) is 12.8 Å². The van der Waals surface area contributed by atoms with E-state index >= 15 is 0 Å². The summed E-state index contributed by atoms with van der Waals surface area (Å²) in [5.41, 5.74) is 0.606. The number of piperidine rings is 1. The van der Waals surface area contributed by atoms with E-state index in [4.69, 9.17) is 9.15 Å². The molecule has 0 aliphatic carbocycles. The third kappa shape index (κ3) is 4.11. The summed E-state index contributed by atoms with van der Waals surface area (Å²) in [5, 5.41) is 14.7. The molecule has 0 saturated carbocycles. The van der Waals surface area contributed by atoms with E-state index in [1.54, 1.807) is 29.2 Å². The van der Waals surface area contributed by atoms with Crippen molar-refractivity contribution in [1.82, 2.24) is 30.0 Å². The first-order valence-corrected chi connectivity index (χ1v) is 9.08. The van der Waals surface area contributed by atoms with Crippen molar-refractivity contribution in [1.29, 1.82) is 0 Å². The normalized spacial score (nSPS) is 16.9. The molecule has 1 N–H and O–H groups in total. The summed E-state index contributed by atoms with van der Waals surface area (Å²) in [4.78, 5) is 26.2. The second-order valence-electron chi connectivity index (χ2n) is 6.63. The Labute approximate surface area is 160 Å². The number of furan rings is 1. The number of nitrogens with one attached hydrogen (secondary N) is 1. The Kier molecular flexibility index (Phi) is 5.18. The molecule has 1 fully saturated rings. The van der Waals surface area contributed by atoms with E-state index in [2.05, 4.69) is 20.6 Å². The van der Waals surface area contributed by atoms with Gasteiger partial charge in [0.15, 0.2) is 18.0 Å². The van der Waals surface area contributed by atoms with Crippen LogP contribution in [-0.4, -0.2) is 62.8 Å². The molecule has 0 radical (unpaired) electrons. The van der Waals surface area contributed by atoms with Crippen LogP contribution in [0.5, 0.6) is 5.88 Å². The number of amides is 2. The Morgan fingerprint density at radius 2 is 2.25 bits per heavy atom. The number of carbonyl (C=O) groups is 2. The van der Waals surface area contributed by atoms with E-state index in [-0.39, 0.29) is 30.1 Å². The molecule has 28 heavy (non-hydrogen) atoms. The quantitative estimate of drug-likeness (QED) is 0.667. The number of rotatable bonds is 6. The van der Waals surface area contributed by atoms with Crippen molar-refractivity contribution in [2.75, 3.05) is 26.2 Å². The van der Waals surface area contributed by atoms with Gasteiger partial charge < -0.3 is 19.4 Å². The van der Waals surface area contributed by atoms with Gasteiger partial charge in [-0.2, -0.15) is 4.52 Å². The molecule has 0 aromatic carbocycles. The second-order valence-corrected chi connectivity index (χ2v) is 6.63. The van der Waals surface area contributed by atoms with Gasteiger partial charge in [-0.15, -0.1) is 15.3 Å². The molecule has 1 unspecified atom stereocenters. The Morgan fingerprint density at radius 3 is 3.11 bits per heavy atom. The highest BCUT2D eigenvalue weighted by Crippen LogP contribution is 2.16. The molecular weight excluding hydrogens is 364 g/mol. The monoisotopic (exact) mass is 384 g/mol. The molecule has 1 aliphatic rings. The van der Waals surface area contributed by atoms with Gasteiger partial charge in [-0.3, -0.25) is 9.59 Å². The lowest BCUT2D eigenvalue weighted by Gasteiger charge is -2.32. The van der Waals surface area contributed by atoms with E-state index in [0.717, 1.165) is 12.8 Å². The third-order valence-electron chi connectivity index (χ3n) is 4.65. The molecule has 0 spiro atoms. The van der Waals surface area contributed by atoms with E-state index in [0.29, 0.717) is 31.2 Å². The van der Waals surface area contributed by atoms with Crippen LogP contribution in [0.15, 0.2) is 41.3 Å². The lowest BCUT2D eigenvalue weighted by atomic mass is 9.98. The number of aromatic nitrogens is 4.